The maximum Gasteiger partial charge on any atom is 0.490 e. The zero-order valence-electron chi connectivity index (χ0n) is 60.8. The average molecular weight is 1430 g/mol. The first kappa shape index (κ1) is 77.0. The van der Waals surface area contributed by atoms with Crippen LogP contribution in [-0.2, 0) is 52.0 Å². The van der Waals surface area contributed by atoms with E-state index < -0.39 is 126 Å². The maximum absolute atomic E-state index is 15.1. The first-order valence-corrected chi connectivity index (χ1v) is 39.5. The Morgan fingerprint density at radius 3 is 1.34 bits per heavy atom. The summed E-state index contributed by atoms with van der Waals surface area (Å²) in [6.45, 7) is 28.1. The van der Waals surface area contributed by atoms with Gasteiger partial charge in [0.05, 0.1) is 22.8 Å². The van der Waals surface area contributed by atoms with Crippen molar-refractivity contribution in [2.45, 2.75) is 271 Å². The molecule has 0 saturated heterocycles. The van der Waals surface area contributed by atoms with Gasteiger partial charge in [-0.2, -0.15) is 26.3 Å². The minimum Gasteiger partial charge on any atom is -0.519 e. The molecule has 2 aromatic rings. The van der Waals surface area contributed by atoms with E-state index in [1.807, 2.05) is 82.3 Å². The number of esters is 5. The molecule has 0 aromatic heterocycles. The average Bonchev–Trinajstić information content (AvgIpc) is 1.34. The van der Waals surface area contributed by atoms with E-state index in [4.69, 9.17) is 32.8 Å². The van der Waals surface area contributed by atoms with Crippen molar-refractivity contribution >= 4 is 56.7 Å². The number of carbonyl (C=O) groups is 8. The van der Waals surface area contributed by atoms with Gasteiger partial charge in [-0.25, -0.2) is 19.2 Å². The molecule has 0 aliphatic heterocycles. The molecule has 8 saturated carbocycles. The number of carbonyl (C=O) groups excluding carboxylic acids is 8. The molecule has 22 atom stereocenters. The van der Waals surface area contributed by atoms with E-state index in [2.05, 4.69) is 13.8 Å². The van der Waals surface area contributed by atoms with Crippen LogP contribution < -0.4 is 0 Å². The number of rotatable bonds is 19. The molecule has 0 heterocycles. The summed E-state index contributed by atoms with van der Waals surface area (Å²) in [6.07, 6.45) is -7.37. The van der Waals surface area contributed by atoms with Gasteiger partial charge in [-0.1, -0.05) is 86.6 Å². The minimum atomic E-state index is -5.31. The van der Waals surface area contributed by atoms with E-state index in [1.54, 1.807) is 36.4 Å². The lowest BCUT2D eigenvalue weighted by atomic mass is 9.43. The normalized spacial score (nSPS) is 36.2. The third-order valence-electron chi connectivity index (χ3n) is 27.5. The van der Waals surface area contributed by atoms with Gasteiger partial charge in [-0.3, -0.25) is 19.2 Å². The number of aldehydes is 2. The summed E-state index contributed by atoms with van der Waals surface area (Å²) >= 11 is 0. The topological polar surface area (TPSA) is 201 Å². The van der Waals surface area contributed by atoms with E-state index >= 15 is 4.79 Å². The molecule has 8 fully saturated rings. The highest BCUT2D eigenvalue weighted by molar-refractivity contribution is 6.75. The molecule has 0 spiro atoms. The van der Waals surface area contributed by atoms with Crippen molar-refractivity contribution < 1.29 is 97.5 Å². The van der Waals surface area contributed by atoms with Crippen molar-refractivity contribution in [3.63, 3.8) is 0 Å². The Morgan fingerprint density at radius 2 is 0.940 bits per heavy atom. The molecule has 0 N–H and O–H groups in total. The van der Waals surface area contributed by atoms with Gasteiger partial charge in [0.25, 0.3) is 14.3 Å². The summed E-state index contributed by atoms with van der Waals surface area (Å²) in [7, 11) is -2.50. The molecule has 15 nitrogen and oxygen atoms in total. The largest absolute Gasteiger partial charge is 0.519 e. The quantitative estimate of drug-likeness (QED) is 0.0422. The van der Waals surface area contributed by atoms with Crippen LogP contribution in [-0.4, -0.2) is 111 Å². The predicted octanol–water partition coefficient (Wildman–Crippen LogP) is 17.2. The van der Waals surface area contributed by atoms with E-state index in [9.17, 15) is 59.9 Å². The van der Waals surface area contributed by atoms with Gasteiger partial charge >= 0.3 is 42.2 Å². The summed E-state index contributed by atoms with van der Waals surface area (Å²) in [5, 5.41) is -0.246. The van der Waals surface area contributed by atoms with Crippen LogP contribution >= 0.6 is 0 Å². The number of ether oxygens (including phenoxy) is 6. The smallest absolute Gasteiger partial charge is 0.490 e. The van der Waals surface area contributed by atoms with Crippen molar-refractivity contribution in [2.24, 2.45) is 92.7 Å². The van der Waals surface area contributed by atoms with E-state index in [0.717, 1.165) is 0 Å². The fourth-order valence-corrected chi connectivity index (χ4v) is 22.5. The van der Waals surface area contributed by atoms with Crippen molar-refractivity contribution in [1.29, 1.82) is 0 Å². The highest BCUT2D eigenvalue weighted by atomic mass is 28.4. The molecule has 0 unspecified atom stereocenters. The molecule has 554 valence electrons. The van der Waals surface area contributed by atoms with Crippen LogP contribution in [0, 0.1) is 92.7 Å². The van der Waals surface area contributed by atoms with Crippen LogP contribution in [0.4, 0.5) is 26.3 Å². The minimum absolute atomic E-state index is 0.0253. The number of halogens is 6. The molecule has 0 radical (unpaired) electrons. The van der Waals surface area contributed by atoms with Crippen LogP contribution in [0.2, 0.25) is 18.1 Å². The molecule has 0 amide bonds. The second-order valence-electron chi connectivity index (χ2n) is 35.0. The molecule has 100 heavy (non-hydrogen) atoms. The first-order chi connectivity index (χ1) is 46.5. The molecule has 22 heteroatoms. The van der Waals surface area contributed by atoms with Crippen molar-refractivity contribution in [1.82, 2.24) is 0 Å². The molecule has 10 rings (SSSR count). The van der Waals surface area contributed by atoms with Crippen molar-refractivity contribution in [3.05, 3.63) is 70.8 Å². The fraction of sp³-hybridized carbons (Fsp3) is 0.744. The number of alkyl halides is 6. The van der Waals surface area contributed by atoms with Crippen LogP contribution in [0.5, 0.6) is 0 Å². The number of fused-ring (bicyclic) bond motifs is 10. The van der Waals surface area contributed by atoms with Gasteiger partial charge < -0.3 is 32.8 Å². The maximum atomic E-state index is 15.1. The Morgan fingerprint density at radius 1 is 0.530 bits per heavy atom. The Balaban J connectivity index is 0.926. The molecule has 8 aliphatic carbocycles. The Hall–Kier alpha value is -5.64. The second-order valence-corrected chi connectivity index (χ2v) is 39.7. The Kier molecular flexibility index (Phi) is 21.9. The van der Waals surface area contributed by atoms with Gasteiger partial charge in [0.15, 0.2) is 0 Å². The van der Waals surface area contributed by atoms with E-state index in [-0.39, 0.29) is 119 Å². The predicted molar refractivity (Wildman–Crippen MR) is 360 cm³/mol. The van der Waals surface area contributed by atoms with Crippen LogP contribution in [0.1, 0.15) is 240 Å². The van der Waals surface area contributed by atoms with Crippen LogP contribution in [0.3, 0.4) is 0 Å². The van der Waals surface area contributed by atoms with Crippen LogP contribution in [0.25, 0.3) is 0 Å². The first-order valence-electron chi connectivity index (χ1n) is 36.6. The summed E-state index contributed by atoms with van der Waals surface area (Å²) < 4.78 is 132. The molecule has 2 aromatic carbocycles. The highest BCUT2D eigenvalue weighted by Gasteiger charge is 2.71. The number of hydrogen-bond donors (Lipinski definition) is 0. The second kappa shape index (κ2) is 28.4. The molecular weight excluding hydrogens is 1320 g/mol. The highest BCUT2D eigenvalue weighted by Crippen LogP contribution is 2.72. The van der Waals surface area contributed by atoms with Crippen LogP contribution in [0.15, 0.2) is 48.5 Å². The van der Waals surface area contributed by atoms with Crippen molar-refractivity contribution in [2.75, 3.05) is 0 Å². The summed E-state index contributed by atoms with van der Waals surface area (Å²) in [6, 6.07) is 12.4. The third kappa shape index (κ3) is 15.2. The van der Waals surface area contributed by atoms with Gasteiger partial charge in [0, 0.05) is 40.7 Å². The van der Waals surface area contributed by atoms with Gasteiger partial charge in [-0.05, 0) is 242 Å². The SMILES string of the molecule is C[C@H](CCC(=O)O[Si](C)(C)C(C)(C)C)[C@H]1CC[C@H]2[C@@H]3[C@H](OC(=O)CC[C@@H](C)[C@H]4CC[C@H]5[C@@H]6[C@H](OC(C)(C)C)C[C@@H]7C[C@H](OC(=O)c8cccc(C=O)c8)CC[C@]7(C)[C@H]6C[C@H](OC(=O)C(F)(F)F)[C@]45C)C[C@@H]4C[C@H](OC(=O)c5cccc(C=O)c5)CC[C@]4(C)[C@H]3C[C@H](OC(=O)C(F)(F)F)[C@]12C. The van der Waals surface area contributed by atoms with Crippen molar-refractivity contribution in [3.8, 4) is 0 Å². The van der Waals surface area contributed by atoms with Gasteiger partial charge in [0.1, 0.15) is 43.1 Å². The zero-order chi connectivity index (χ0) is 73.4. The summed E-state index contributed by atoms with van der Waals surface area (Å²) in [4.78, 5) is 106. The third-order valence-corrected chi connectivity index (χ3v) is 31.8. The van der Waals surface area contributed by atoms with E-state index in [1.165, 1.54) is 12.1 Å². The van der Waals surface area contributed by atoms with Gasteiger partial charge in [0.2, 0.25) is 0 Å². The molecule has 8 aliphatic rings. The Bertz CT molecular complexity index is 3390. The zero-order valence-corrected chi connectivity index (χ0v) is 61.8. The molecule has 0 bridgehead atoms. The standard InChI is InChI=1S/C78H106F6O15Si/c1-43(53-24-26-56-66-58(40-62(76(53,56)12)97-70(92)78(82,83)84)74(10)32-30-52(36-50(74)38-60(66)98-71(3,4)5)94-68(90)48-20-16-18-46(34-48)42-86)21-27-63(87)95-59-37-49-35-51(93-67(89)47-19-15-17-45(33-47)41-85)29-31-73(49,9)57-39-61(96-69(91)77(79,80)81)75(11)54(23-25-55(75)65(57)59)44(2)22-28-64(88)99-100(13,14)72(6,7)8/h15-20,33-34,41-44,49-62,65-66H,21-32,35-40H2,1-14H3/t43-,44-,49+,50+,51-,52-,53-,54-,55+,56+,57+,58+,59-,60-,61+,62+,65+,66+,73+,74+,75-,76-/m1/s1. The monoisotopic (exact) mass is 1420 g/mol. The lowest BCUT2D eigenvalue weighted by Crippen LogP contribution is -2.64. The Labute approximate surface area is 586 Å². The van der Waals surface area contributed by atoms with E-state index in [0.29, 0.717) is 102 Å². The number of benzene rings is 2. The lowest BCUT2D eigenvalue weighted by molar-refractivity contribution is -0.250. The van der Waals surface area contributed by atoms with Gasteiger partial charge in [-0.15, -0.1) is 0 Å². The summed E-state index contributed by atoms with van der Waals surface area (Å²) in [5.74, 6) is -10.2. The molecular formula is C78H106F6O15Si. The fourth-order valence-electron chi connectivity index (χ4n) is 21.5. The number of hydrogen-bond acceptors (Lipinski definition) is 15. The summed E-state index contributed by atoms with van der Waals surface area (Å²) in [5.41, 5.74) is -2.79. The lowest BCUT2D eigenvalue weighted by Gasteiger charge is -2.64.